The van der Waals surface area contributed by atoms with E-state index >= 15 is 0 Å². The second-order valence-electron chi connectivity index (χ2n) is 3.69. The maximum Gasteiger partial charge on any atom is 0.135 e. The third-order valence-corrected chi connectivity index (χ3v) is 2.67. The number of hydrogen-bond donors (Lipinski definition) is 1. The zero-order valence-corrected chi connectivity index (χ0v) is 8.61. The number of nitrogens with two attached hydrogens (primary N) is 1. The van der Waals surface area contributed by atoms with Crippen molar-refractivity contribution in [1.82, 2.24) is 14.8 Å². The molecule has 80 valence electrons. The summed E-state index contributed by atoms with van der Waals surface area (Å²) in [6.45, 7) is 0. The molecule has 0 spiro atoms. The van der Waals surface area contributed by atoms with Gasteiger partial charge in [-0.2, -0.15) is 5.10 Å². The summed E-state index contributed by atoms with van der Waals surface area (Å²) in [6.07, 6.45) is 1.67. The average molecular weight is 216 g/mol. The van der Waals surface area contributed by atoms with Crippen molar-refractivity contribution < 1.29 is 4.39 Å². The summed E-state index contributed by atoms with van der Waals surface area (Å²) in [5, 5.41) is 5.78. The molecule has 0 radical (unpaired) electrons. The zero-order chi connectivity index (χ0) is 11.3. The highest BCUT2D eigenvalue weighted by Crippen LogP contribution is 2.27. The van der Waals surface area contributed by atoms with Crippen LogP contribution in [0, 0.1) is 5.82 Å². The van der Waals surface area contributed by atoms with Gasteiger partial charge in [-0.3, -0.25) is 4.68 Å². The number of nitrogens with zero attached hydrogens (tertiary/aromatic N) is 3. The smallest absolute Gasteiger partial charge is 0.135 e. The molecule has 2 N–H and O–H groups in total. The molecule has 0 aliphatic carbocycles. The van der Waals surface area contributed by atoms with E-state index in [1.807, 2.05) is 7.05 Å². The Hall–Kier alpha value is -2.17. The molecule has 3 rings (SSSR count). The molecule has 0 aliphatic rings. The molecule has 5 heteroatoms. The van der Waals surface area contributed by atoms with Gasteiger partial charge in [0.2, 0.25) is 0 Å². The normalized spacial score (nSPS) is 11.4. The van der Waals surface area contributed by atoms with Crippen LogP contribution >= 0.6 is 0 Å². The van der Waals surface area contributed by atoms with E-state index in [1.165, 1.54) is 12.1 Å². The molecular formula is C11H9FN4. The van der Waals surface area contributed by atoms with Gasteiger partial charge in [-0.1, -0.05) is 0 Å². The lowest BCUT2D eigenvalue weighted by molar-refractivity contribution is 0.629. The topological polar surface area (TPSA) is 56.7 Å². The Labute approximate surface area is 90.5 Å². The largest absolute Gasteiger partial charge is 0.383 e. The number of anilines is 1. The molecule has 0 bridgehead atoms. The molecule has 4 nitrogen and oxygen atoms in total. The number of aryl methyl sites for hydroxylation is 1. The van der Waals surface area contributed by atoms with E-state index in [4.69, 9.17) is 5.73 Å². The molecule has 0 saturated heterocycles. The van der Waals surface area contributed by atoms with Crippen LogP contribution in [0.1, 0.15) is 0 Å². The first kappa shape index (κ1) is 9.08. The summed E-state index contributed by atoms with van der Waals surface area (Å²) < 4.78 is 14.8. The Morgan fingerprint density at radius 3 is 2.94 bits per heavy atom. The molecule has 0 fully saturated rings. The fraction of sp³-hybridized carbons (Fsp3) is 0.0909. The first-order valence-corrected chi connectivity index (χ1v) is 4.83. The van der Waals surface area contributed by atoms with Crippen molar-refractivity contribution >= 4 is 27.6 Å². The minimum atomic E-state index is -0.319. The third-order valence-electron chi connectivity index (χ3n) is 2.67. The minimum absolute atomic E-state index is 0.319. The van der Waals surface area contributed by atoms with Gasteiger partial charge in [0.1, 0.15) is 11.6 Å². The predicted molar refractivity (Wildman–Crippen MR) is 60.4 cm³/mol. The highest BCUT2D eigenvalue weighted by atomic mass is 19.1. The van der Waals surface area contributed by atoms with Gasteiger partial charge in [0.15, 0.2) is 0 Å². The van der Waals surface area contributed by atoms with Gasteiger partial charge in [0.05, 0.1) is 22.6 Å². The zero-order valence-electron chi connectivity index (χ0n) is 8.61. The van der Waals surface area contributed by atoms with Crippen LogP contribution in [0.2, 0.25) is 0 Å². The second-order valence-corrected chi connectivity index (χ2v) is 3.69. The number of benzene rings is 1. The van der Waals surface area contributed by atoms with Crippen LogP contribution in [0.25, 0.3) is 21.8 Å². The second kappa shape index (κ2) is 2.91. The third kappa shape index (κ3) is 1.08. The Kier molecular flexibility index (Phi) is 1.65. The van der Waals surface area contributed by atoms with Crippen molar-refractivity contribution in [3.05, 3.63) is 30.2 Å². The maximum absolute atomic E-state index is 13.1. The van der Waals surface area contributed by atoms with Crippen LogP contribution in [0.3, 0.4) is 0 Å². The van der Waals surface area contributed by atoms with Crippen molar-refractivity contribution in [1.29, 1.82) is 0 Å². The summed E-state index contributed by atoms with van der Waals surface area (Å²) >= 11 is 0. The summed E-state index contributed by atoms with van der Waals surface area (Å²) in [5.41, 5.74) is 7.23. The first-order valence-electron chi connectivity index (χ1n) is 4.83. The first-order chi connectivity index (χ1) is 7.66. The lowest BCUT2D eigenvalue weighted by Gasteiger charge is -2.03. The fourth-order valence-electron chi connectivity index (χ4n) is 1.93. The number of nitrogen functional groups attached to an aromatic ring is 1. The maximum atomic E-state index is 13.1. The SMILES string of the molecule is Cn1ncc2c(N)nc3cc(F)ccc3c21. The van der Waals surface area contributed by atoms with E-state index < -0.39 is 0 Å². The molecule has 16 heavy (non-hydrogen) atoms. The van der Waals surface area contributed by atoms with Gasteiger partial charge in [0.25, 0.3) is 0 Å². The van der Waals surface area contributed by atoms with Crippen molar-refractivity contribution in [3.63, 3.8) is 0 Å². The van der Waals surface area contributed by atoms with E-state index in [2.05, 4.69) is 10.1 Å². The molecular weight excluding hydrogens is 207 g/mol. The molecule has 0 amide bonds. The van der Waals surface area contributed by atoms with Crippen LogP contribution in [-0.2, 0) is 7.05 Å². The minimum Gasteiger partial charge on any atom is -0.383 e. The Morgan fingerprint density at radius 1 is 1.31 bits per heavy atom. The Morgan fingerprint density at radius 2 is 2.12 bits per heavy atom. The van der Waals surface area contributed by atoms with E-state index in [9.17, 15) is 4.39 Å². The summed E-state index contributed by atoms with van der Waals surface area (Å²) in [6, 6.07) is 4.48. The number of pyridine rings is 1. The Bertz CT molecular complexity index is 702. The summed E-state index contributed by atoms with van der Waals surface area (Å²) in [5.74, 6) is 0.0575. The highest BCUT2D eigenvalue weighted by molar-refractivity contribution is 6.07. The number of hydrogen-bond acceptors (Lipinski definition) is 3. The molecule has 3 aromatic rings. The number of halogens is 1. The Balaban J connectivity index is 2.62. The van der Waals surface area contributed by atoms with Gasteiger partial charge >= 0.3 is 0 Å². The number of rotatable bonds is 0. The van der Waals surface area contributed by atoms with Crippen molar-refractivity contribution in [2.24, 2.45) is 7.05 Å². The van der Waals surface area contributed by atoms with Crippen molar-refractivity contribution in [3.8, 4) is 0 Å². The van der Waals surface area contributed by atoms with Gasteiger partial charge in [0, 0.05) is 18.5 Å². The quantitative estimate of drug-likeness (QED) is 0.623. The van der Waals surface area contributed by atoms with Gasteiger partial charge < -0.3 is 5.73 Å². The molecule has 0 aliphatic heterocycles. The van der Waals surface area contributed by atoms with E-state index in [0.717, 1.165) is 16.3 Å². The molecule has 1 aromatic carbocycles. The van der Waals surface area contributed by atoms with E-state index in [1.54, 1.807) is 16.9 Å². The summed E-state index contributed by atoms with van der Waals surface area (Å²) in [4.78, 5) is 4.16. The highest BCUT2D eigenvalue weighted by Gasteiger charge is 2.10. The monoisotopic (exact) mass is 216 g/mol. The van der Waals surface area contributed by atoms with Crippen LogP contribution in [-0.4, -0.2) is 14.8 Å². The standard InChI is InChI=1S/C11H9FN4/c1-16-10-7-3-2-6(12)4-9(7)15-11(13)8(10)5-14-16/h2-5H,1H3,(H2,13,15). The average Bonchev–Trinajstić information content (AvgIpc) is 2.61. The number of aromatic nitrogens is 3. The van der Waals surface area contributed by atoms with Crippen LogP contribution < -0.4 is 5.73 Å². The molecule has 2 aromatic heterocycles. The number of fused-ring (bicyclic) bond motifs is 3. The van der Waals surface area contributed by atoms with Crippen LogP contribution in [0.4, 0.5) is 10.2 Å². The van der Waals surface area contributed by atoms with Gasteiger partial charge in [-0.05, 0) is 12.1 Å². The lowest BCUT2D eigenvalue weighted by atomic mass is 10.1. The van der Waals surface area contributed by atoms with Crippen molar-refractivity contribution in [2.75, 3.05) is 5.73 Å². The predicted octanol–water partition coefficient (Wildman–Crippen LogP) is 1.84. The fourth-order valence-corrected chi connectivity index (χ4v) is 1.93. The lowest BCUT2D eigenvalue weighted by Crippen LogP contribution is -1.95. The molecule has 0 unspecified atom stereocenters. The van der Waals surface area contributed by atoms with Crippen molar-refractivity contribution in [2.45, 2.75) is 0 Å². The van der Waals surface area contributed by atoms with E-state index in [-0.39, 0.29) is 5.82 Å². The molecule has 0 saturated carbocycles. The van der Waals surface area contributed by atoms with Gasteiger partial charge in [-0.15, -0.1) is 0 Å². The van der Waals surface area contributed by atoms with Crippen LogP contribution in [0.15, 0.2) is 24.4 Å². The van der Waals surface area contributed by atoms with E-state index in [0.29, 0.717) is 11.3 Å². The summed E-state index contributed by atoms with van der Waals surface area (Å²) in [7, 11) is 1.82. The van der Waals surface area contributed by atoms with Gasteiger partial charge in [-0.25, -0.2) is 9.37 Å². The van der Waals surface area contributed by atoms with Crippen LogP contribution in [0.5, 0.6) is 0 Å². The molecule has 0 atom stereocenters. The molecule has 2 heterocycles.